The second-order valence-corrected chi connectivity index (χ2v) is 6.96. The van der Waals surface area contributed by atoms with Gasteiger partial charge in [-0.1, -0.05) is 37.3 Å². The molecule has 1 N–H and O–H groups in total. The maximum Gasteiger partial charge on any atom is 0.342 e. The van der Waals surface area contributed by atoms with Crippen LogP contribution < -0.4 is 5.32 Å². The molecule has 0 saturated carbocycles. The minimum absolute atomic E-state index is 0.0339. The van der Waals surface area contributed by atoms with Gasteiger partial charge in [0.2, 0.25) is 11.9 Å². The highest BCUT2D eigenvalue weighted by Crippen LogP contribution is 2.35. The van der Waals surface area contributed by atoms with Crippen LogP contribution in [0.4, 0.5) is 0 Å². The van der Waals surface area contributed by atoms with Gasteiger partial charge >= 0.3 is 5.97 Å². The molecular formula is C18H24N2O4. The second-order valence-electron chi connectivity index (χ2n) is 6.96. The molecule has 6 heteroatoms. The van der Waals surface area contributed by atoms with E-state index in [2.05, 4.69) is 5.32 Å². The normalized spacial score (nSPS) is 24.2. The molecule has 1 saturated heterocycles. The van der Waals surface area contributed by atoms with Crippen molar-refractivity contribution in [3.63, 3.8) is 0 Å². The van der Waals surface area contributed by atoms with E-state index in [1.807, 2.05) is 51.1 Å². The van der Waals surface area contributed by atoms with Crippen LogP contribution in [0.1, 0.15) is 45.7 Å². The molecule has 6 nitrogen and oxygen atoms in total. The van der Waals surface area contributed by atoms with Gasteiger partial charge in [-0.3, -0.25) is 9.59 Å². The first kappa shape index (κ1) is 18.0. The summed E-state index contributed by atoms with van der Waals surface area (Å²) in [4.78, 5) is 38.6. The van der Waals surface area contributed by atoms with Crippen molar-refractivity contribution in [3.8, 4) is 0 Å². The summed E-state index contributed by atoms with van der Waals surface area (Å²) >= 11 is 0. The van der Waals surface area contributed by atoms with Gasteiger partial charge in [0.05, 0.1) is 6.04 Å². The number of hydrogen-bond donors (Lipinski definition) is 1. The van der Waals surface area contributed by atoms with Crippen molar-refractivity contribution >= 4 is 18.3 Å². The average Bonchev–Trinajstić information content (AvgIpc) is 2.53. The summed E-state index contributed by atoms with van der Waals surface area (Å²) < 4.78 is 5.32. The van der Waals surface area contributed by atoms with Crippen LogP contribution in [0.5, 0.6) is 0 Å². The molecule has 0 aromatic heterocycles. The minimum Gasteiger partial charge on any atom is -0.461 e. The van der Waals surface area contributed by atoms with Crippen molar-refractivity contribution in [1.82, 2.24) is 10.2 Å². The van der Waals surface area contributed by atoms with Gasteiger partial charge in [0.25, 0.3) is 5.91 Å². The molecular weight excluding hydrogens is 308 g/mol. The number of morpholine rings is 1. The van der Waals surface area contributed by atoms with Crippen molar-refractivity contribution in [3.05, 3.63) is 35.9 Å². The van der Waals surface area contributed by atoms with Crippen LogP contribution in [0.2, 0.25) is 0 Å². The molecule has 1 aliphatic heterocycles. The Labute approximate surface area is 142 Å². The van der Waals surface area contributed by atoms with Gasteiger partial charge in [-0.2, -0.15) is 0 Å². The number of benzene rings is 1. The molecule has 1 heterocycles. The summed E-state index contributed by atoms with van der Waals surface area (Å²) in [7, 11) is 0. The van der Waals surface area contributed by atoms with E-state index in [4.69, 9.17) is 4.74 Å². The number of amides is 2. The first-order valence-corrected chi connectivity index (χ1v) is 8.05. The molecule has 0 radical (unpaired) electrons. The molecule has 1 aromatic rings. The molecule has 2 atom stereocenters. The Morgan fingerprint density at radius 1 is 1.38 bits per heavy atom. The zero-order chi connectivity index (χ0) is 18.0. The zero-order valence-electron chi connectivity index (χ0n) is 14.5. The number of rotatable bonds is 4. The van der Waals surface area contributed by atoms with Gasteiger partial charge < -0.3 is 15.0 Å². The topological polar surface area (TPSA) is 75.7 Å². The van der Waals surface area contributed by atoms with Gasteiger partial charge in [0, 0.05) is 5.54 Å². The fourth-order valence-corrected chi connectivity index (χ4v) is 2.96. The summed E-state index contributed by atoms with van der Waals surface area (Å²) in [6, 6.07) is 8.76. The Hall–Kier alpha value is -2.37. The molecule has 0 unspecified atom stereocenters. The number of ether oxygens (including phenoxy) is 1. The molecule has 0 spiro atoms. The lowest BCUT2D eigenvalue weighted by Crippen LogP contribution is -2.69. The van der Waals surface area contributed by atoms with E-state index in [-0.39, 0.29) is 13.0 Å². The smallest absolute Gasteiger partial charge is 0.342 e. The monoisotopic (exact) mass is 332 g/mol. The van der Waals surface area contributed by atoms with Crippen LogP contribution in [-0.2, 0) is 19.1 Å². The van der Waals surface area contributed by atoms with Gasteiger partial charge in [0.15, 0.2) is 0 Å². The van der Waals surface area contributed by atoms with E-state index in [1.54, 1.807) is 6.92 Å². The van der Waals surface area contributed by atoms with Crippen LogP contribution in [-0.4, -0.2) is 40.9 Å². The number of esters is 1. The summed E-state index contributed by atoms with van der Waals surface area (Å²) in [5.41, 5.74) is -1.37. The highest BCUT2D eigenvalue weighted by molar-refractivity contribution is 6.09. The molecule has 24 heavy (non-hydrogen) atoms. The standard InChI is InChI=1S/C18H24N2O4/c1-5-18(15(22)19-17(2,3)4)16(23)24-11-14(20(18)12-21)13-9-7-6-8-10-13/h6-10,12,14H,5,11H2,1-4H3,(H,19,22)/t14-,18+/m1/s1. The lowest BCUT2D eigenvalue weighted by molar-refractivity contribution is -0.182. The molecule has 0 bridgehead atoms. The van der Waals surface area contributed by atoms with Gasteiger partial charge in [-0.25, -0.2) is 4.79 Å². The number of nitrogens with zero attached hydrogens (tertiary/aromatic N) is 1. The third-order valence-corrected chi connectivity index (χ3v) is 4.16. The maximum absolute atomic E-state index is 12.9. The summed E-state index contributed by atoms with van der Waals surface area (Å²) in [5.74, 6) is -1.21. The molecule has 130 valence electrons. The number of carbonyl (C=O) groups is 3. The zero-order valence-corrected chi connectivity index (χ0v) is 14.5. The summed E-state index contributed by atoms with van der Waals surface area (Å²) in [6.45, 7) is 7.20. The van der Waals surface area contributed by atoms with Crippen molar-refractivity contribution < 1.29 is 19.1 Å². The van der Waals surface area contributed by atoms with Crippen LogP contribution in [0.3, 0.4) is 0 Å². The third-order valence-electron chi connectivity index (χ3n) is 4.16. The van der Waals surface area contributed by atoms with E-state index in [9.17, 15) is 14.4 Å². The predicted molar refractivity (Wildman–Crippen MR) is 89.0 cm³/mol. The van der Waals surface area contributed by atoms with Gasteiger partial charge in [-0.05, 0) is 32.8 Å². The Bertz CT molecular complexity index is 624. The first-order chi connectivity index (χ1) is 11.3. The molecule has 2 amide bonds. The van der Waals surface area contributed by atoms with Crippen LogP contribution in [0.15, 0.2) is 30.3 Å². The molecule has 1 aliphatic rings. The summed E-state index contributed by atoms with van der Waals surface area (Å²) in [6.07, 6.45) is 0.708. The van der Waals surface area contributed by atoms with E-state index >= 15 is 0 Å². The Balaban J connectivity index is 2.48. The van der Waals surface area contributed by atoms with E-state index in [1.165, 1.54) is 4.90 Å². The van der Waals surface area contributed by atoms with E-state index < -0.39 is 29.0 Å². The van der Waals surface area contributed by atoms with Crippen molar-refractivity contribution in [2.75, 3.05) is 6.61 Å². The van der Waals surface area contributed by atoms with Gasteiger partial charge in [0.1, 0.15) is 6.61 Å². The molecule has 2 rings (SSSR count). The lowest BCUT2D eigenvalue weighted by atomic mass is 9.87. The number of carbonyl (C=O) groups excluding carboxylic acids is 3. The Morgan fingerprint density at radius 2 is 2.00 bits per heavy atom. The van der Waals surface area contributed by atoms with Crippen LogP contribution in [0, 0.1) is 0 Å². The van der Waals surface area contributed by atoms with Crippen LogP contribution in [0.25, 0.3) is 0 Å². The highest BCUT2D eigenvalue weighted by Gasteiger charge is 2.56. The van der Waals surface area contributed by atoms with E-state index in [0.29, 0.717) is 6.41 Å². The number of hydrogen-bond acceptors (Lipinski definition) is 4. The summed E-state index contributed by atoms with van der Waals surface area (Å²) in [5, 5.41) is 2.81. The first-order valence-electron chi connectivity index (χ1n) is 8.05. The lowest BCUT2D eigenvalue weighted by Gasteiger charge is -2.46. The number of cyclic esters (lactones) is 1. The minimum atomic E-state index is -1.66. The second kappa shape index (κ2) is 6.63. The van der Waals surface area contributed by atoms with Crippen molar-refractivity contribution in [1.29, 1.82) is 0 Å². The van der Waals surface area contributed by atoms with Crippen molar-refractivity contribution in [2.24, 2.45) is 0 Å². The molecule has 1 aromatic carbocycles. The Morgan fingerprint density at radius 3 is 2.50 bits per heavy atom. The van der Waals surface area contributed by atoms with Gasteiger partial charge in [-0.15, -0.1) is 0 Å². The van der Waals surface area contributed by atoms with Crippen LogP contribution >= 0.6 is 0 Å². The number of nitrogens with one attached hydrogen (secondary N) is 1. The maximum atomic E-state index is 12.9. The highest BCUT2D eigenvalue weighted by atomic mass is 16.5. The average molecular weight is 332 g/mol. The SMILES string of the molecule is CC[C@]1(C(=O)NC(C)(C)C)C(=O)OC[C@H](c2ccccc2)N1C=O. The largest absolute Gasteiger partial charge is 0.461 e. The molecule has 1 fully saturated rings. The predicted octanol–water partition coefficient (Wildman–Crippen LogP) is 1.81. The fraction of sp³-hybridized carbons (Fsp3) is 0.500. The third kappa shape index (κ3) is 3.13. The van der Waals surface area contributed by atoms with Crippen molar-refractivity contribution in [2.45, 2.75) is 51.2 Å². The fourth-order valence-electron chi connectivity index (χ4n) is 2.96. The Kier molecular flexibility index (Phi) is 4.96. The van der Waals surface area contributed by atoms with E-state index in [0.717, 1.165) is 5.56 Å². The quantitative estimate of drug-likeness (QED) is 0.518. The molecule has 0 aliphatic carbocycles.